The van der Waals surface area contributed by atoms with Crippen LogP contribution in [0.5, 0.6) is 11.6 Å². The summed E-state index contributed by atoms with van der Waals surface area (Å²) in [5.41, 5.74) is -0.665. The molecule has 1 aliphatic heterocycles. The average molecular weight is 456 g/mol. The number of anilines is 1. The minimum absolute atomic E-state index is 0. The van der Waals surface area contributed by atoms with Crippen LogP contribution in [0.4, 0.5) is 23.2 Å². The quantitative estimate of drug-likeness (QED) is 0.639. The Morgan fingerprint density at radius 3 is 2.48 bits per heavy atom. The molecule has 0 spiro atoms. The van der Waals surface area contributed by atoms with E-state index >= 15 is 0 Å². The molecule has 2 heterocycles. The Bertz CT molecular complexity index is 814. The van der Waals surface area contributed by atoms with Crippen LogP contribution in [0.15, 0.2) is 36.5 Å². The van der Waals surface area contributed by atoms with Crippen LogP contribution in [0, 0.1) is 5.82 Å². The number of halogens is 6. The average Bonchev–Trinajstić information content (AvgIpc) is 2.64. The molecule has 1 aromatic carbocycles. The van der Waals surface area contributed by atoms with Crippen LogP contribution in [0.3, 0.4) is 0 Å². The van der Waals surface area contributed by atoms with E-state index in [9.17, 15) is 22.4 Å². The van der Waals surface area contributed by atoms with Crippen LogP contribution in [0.1, 0.15) is 24.8 Å². The van der Waals surface area contributed by atoms with E-state index in [0.717, 1.165) is 44.0 Å². The molecular formula is C18H19Cl2F4N3O2. The summed E-state index contributed by atoms with van der Waals surface area (Å²) in [6.45, 7) is 0.763. The molecular weight excluding hydrogens is 437 g/mol. The summed E-state index contributed by atoms with van der Waals surface area (Å²) in [7, 11) is 0. The summed E-state index contributed by atoms with van der Waals surface area (Å²) in [4.78, 5) is 15.7. The maximum absolute atomic E-state index is 14.2. The Labute approximate surface area is 177 Å². The number of nitrogens with one attached hydrogen (secondary N) is 2. The fraction of sp³-hybridized carbons (Fsp3) is 0.333. The number of nitrogens with zero attached hydrogens (tertiary/aromatic N) is 1. The third-order valence-electron chi connectivity index (χ3n) is 4.10. The number of carbonyl (C=O) groups excluding carboxylic acids is 1. The van der Waals surface area contributed by atoms with Crippen LogP contribution in [-0.4, -0.2) is 23.5 Å². The molecule has 0 unspecified atom stereocenters. The van der Waals surface area contributed by atoms with Gasteiger partial charge in [-0.3, -0.25) is 4.79 Å². The molecule has 3 rings (SSSR count). The monoisotopic (exact) mass is 455 g/mol. The number of piperidine rings is 1. The molecule has 1 amide bonds. The highest BCUT2D eigenvalue weighted by Crippen LogP contribution is 2.31. The molecule has 11 heteroatoms. The van der Waals surface area contributed by atoms with Gasteiger partial charge in [0.25, 0.3) is 0 Å². The molecule has 29 heavy (non-hydrogen) atoms. The van der Waals surface area contributed by atoms with E-state index in [1.807, 2.05) is 0 Å². The Balaban J connectivity index is 0.00000210. The Kier molecular flexibility index (Phi) is 9.13. The minimum Gasteiger partial charge on any atom is -0.436 e. The van der Waals surface area contributed by atoms with Crippen LogP contribution < -0.4 is 15.4 Å². The highest BCUT2D eigenvalue weighted by Gasteiger charge is 2.30. The van der Waals surface area contributed by atoms with Crippen LogP contribution in [0.25, 0.3) is 0 Å². The van der Waals surface area contributed by atoms with Gasteiger partial charge in [0.15, 0.2) is 11.6 Å². The Morgan fingerprint density at radius 2 is 1.93 bits per heavy atom. The van der Waals surface area contributed by atoms with Gasteiger partial charge in [-0.2, -0.15) is 13.2 Å². The van der Waals surface area contributed by atoms with E-state index in [0.29, 0.717) is 6.20 Å². The lowest BCUT2D eigenvalue weighted by molar-refractivity contribution is -0.137. The van der Waals surface area contributed by atoms with Crippen LogP contribution >= 0.6 is 24.8 Å². The van der Waals surface area contributed by atoms with Crippen molar-refractivity contribution >= 4 is 36.4 Å². The third kappa shape index (κ3) is 6.73. The van der Waals surface area contributed by atoms with Gasteiger partial charge in [-0.15, -0.1) is 24.8 Å². The first kappa shape index (κ1) is 24.9. The summed E-state index contributed by atoms with van der Waals surface area (Å²) in [6, 6.07) is 5.30. The van der Waals surface area contributed by atoms with Gasteiger partial charge in [-0.25, -0.2) is 9.37 Å². The van der Waals surface area contributed by atoms with E-state index < -0.39 is 17.6 Å². The first-order chi connectivity index (χ1) is 12.8. The van der Waals surface area contributed by atoms with E-state index in [1.54, 1.807) is 0 Å². The molecule has 1 aromatic heterocycles. The zero-order valence-corrected chi connectivity index (χ0v) is 16.6. The van der Waals surface area contributed by atoms with Crippen molar-refractivity contribution in [3.63, 3.8) is 0 Å². The van der Waals surface area contributed by atoms with Crippen molar-refractivity contribution in [1.29, 1.82) is 0 Å². The molecule has 0 bridgehead atoms. The lowest BCUT2D eigenvalue weighted by Crippen LogP contribution is -2.43. The summed E-state index contributed by atoms with van der Waals surface area (Å²) in [5, 5.41) is 5.72. The molecule has 1 fully saturated rings. The number of aromatic nitrogens is 1. The molecule has 160 valence electrons. The number of alkyl halides is 3. The molecule has 0 saturated carbocycles. The van der Waals surface area contributed by atoms with Crippen molar-refractivity contribution in [2.75, 3.05) is 11.9 Å². The fourth-order valence-electron chi connectivity index (χ4n) is 2.69. The largest absolute Gasteiger partial charge is 0.436 e. The third-order valence-corrected chi connectivity index (χ3v) is 4.10. The van der Waals surface area contributed by atoms with Gasteiger partial charge in [0, 0.05) is 24.0 Å². The highest BCUT2D eigenvalue weighted by atomic mass is 35.5. The van der Waals surface area contributed by atoms with E-state index in [2.05, 4.69) is 15.6 Å². The maximum atomic E-state index is 14.2. The molecule has 1 aliphatic rings. The number of hydrogen-bond acceptors (Lipinski definition) is 4. The van der Waals surface area contributed by atoms with Gasteiger partial charge < -0.3 is 15.4 Å². The zero-order valence-electron chi connectivity index (χ0n) is 15.0. The highest BCUT2D eigenvalue weighted by molar-refractivity contribution is 5.94. The molecule has 5 nitrogen and oxygen atoms in total. The van der Waals surface area contributed by atoms with Gasteiger partial charge in [-0.05, 0) is 37.6 Å². The summed E-state index contributed by atoms with van der Waals surface area (Å²) < 4.78 is 56.9. The van der Waals surface area contributed by atoms with Crippen molar-refractivity contribution in [3.8, 4) is 11.6 Å². The van der Waals surface area contributed by atoms with Crippen molar-refractivity contribution in [3.05, 3.63) is 47.9 Å². The second kappa shape index (κ2) is 10.6. The van der Waals surface area contributed by atoms with Gasteiger partial charge in [0.2, 0.25) is 11.8 Å². The maximum Gasteiger partial charge on any atom is 0.417 e. The van der Waals surface area contributed by atoms with Crippen molar-refractivity contribution < 1.29 is 27.1 Å². The predicted molar refractivity (Wildman–Crippen MR) is 104 cm³/mol. The van der Waals surface area contributed by atoms with E-state index in [4.69, 9.17) is 4.74 Å². The summed E-state index contributed by atoms with van der Waals surface area (Å²) in [6.07, 6.45) is -1.22. The van der Waals surface area contributed by atoms with Gasteiger partial charge in [0.1, 0.15) is 0 Å². The standard InChI is InChI=1S/C18H17F4N3O2.2ClH/c19-13-9-12(25-17(26)14-3-1-2-8-23-14)5-6-15(13)27-16-7-4-11(10-24-16)18(20,21)22;;/h4-7,9-10,14,23H,1-3,8H2,(H,25,26);2*1H/t14-;;/m1../s1. The molecule has 1 saturated heterocycles. The second-order valence-electron chi connectivity index (χ2n) is 6.12. The smallest absolute Gasteiger partial charge is 0.417 e. The first-order valence-corrected chi connectivity index (χ1v) is 8.38. The number of pyridine rings is 1. The number of rotatable bonds is 4. The van der Waals surface area contributed by atoms with Crippen molar-refractivity contribution in [2.24, 2.45) is 0 Å². The number of ether oxygens (including phenoxy) is 1. The Hall–Kier alpha value is -2.10. The topological polar surface area (TPSA) is 63.2 Å². The van der Waals surface area contributed by atoms with Gasteiger partial charge >= 0.3 is 6.18 Å². The van der Waals surface area contributed by atoms with Crippen LogP contribution in [0.2, 0.25) is 0 Å². The Morgan fingerprint density at radius 1 is 1.17 bits per heavy atom. The first-order valence-electron chi connectivity index (χ1n) is 8.38. The molecule has 1 atom stereocenters. The lowest BCUT2D eigenvalue weighted by Gasteiger charge is -2.22. The number of hydrogen-bond donors (Lipinski definition) is 2. The second-order valence-corrected chi connectivity index (χ2v) is 6.12. The molecule has 2 aromatic rings. The summed E-state index contributed by atoms with van der Waals surface area (Å²) >= 11 is 0. The zero-order chi connectivity index (χ0) is 19.4. The van der Waals surface area contributed by atoms with Crippen molar-refractivity contribution in [1.82, 2.24) is 10.3 Å². The number of amides is 1. The molecule has 2 N–H and O–H groups in total. The number of carbonyl (C=O) groups is 1. The van der Waals surface area contributed by atoms with Gasteiger partial charge in [-0.1, -0.05) is 6.42 Å². The van der Waals surface area contributed by atoms with E-state index in [-0.39, 0.29) is 54.1 Å². The SMILES string of the molecule is Cl.Cl.O=C(Nc1ccc(Oc2ccc(C(F)(F)F)cn2)c(F)c1)[C@H]1CCCCN1. The van der Waals surface area contributed by atoms with E-state index in [1.165, 1.54) is 12.1 Å². The predicted octanol–water partition coefficient (Wildman–Crippen LogP) is 4.96. The van der Waals surface area contributed by atoms with Crippen LogP contribution in [-0.2, 0) is 11.0 Å². The summed E-state index contributed by atoms with van der Waals surface area (Å²) in [5.74, 6) is -1.40. The van der Waals surface area contributed by atoms with Gasteiger partial charge in [0.05, 0.1) is 11.6 Å². The minimum atomic E-state index is -4.51. The number of benzene rings is 1. The lowest BCUT2D eigenvalue weighted by atomic mass is 10.0. The normalized spacial score (nSPS) is 16.2. The fourth-order valence-corrected chi connectivity index (χ4v) is 2.69. The van der Waals surface area contributed by atoms with Crippen molar-refractivity contribution in [2.45, 2.75) is 31.5 Å². The molecule has 0 radical (unpaired) electrons. The molecule has 0 aliphatic carbocycles.